The Balaban J connectivity index is 1.87. The minimum atomic E-state index is 0.480. The molecule has 1 fully saturated rings. The van der Waals surface area contributed by atoms with Crippen molar-refractivity contribution in [3.8, 4) is 0 Å². The van der Waals surface area contributed by atoms with Gasteiger partial charge in [-0.25, -0.2) is 0 Å². The predicted molar refractivity (Wildman–Crippen MR) is 89.8 cm³/mol. The van der Waals surface area contributed by atoms with Gasteiger partial charge in [0.1, 0.15) is 0 Å². The predicted octanol–water partition coefficient (Wildman–Crippen LogP) is 4.93. The Hall–Kier alpha value is -0.0600. The van der Waals surface area contributed by atoms with Crippen LogP contribution in [0.5, 0.6) is 0 Å². The zero-order chi connectivity index (χ0) is 13.7. The third-order valence-electron chi connectivity index (χ3n) is 3.63. The quantitative estimate of drug-likeness (QED) is 0.762. The molecule has 0 spiro atoms. The Kier molecular flexibility index (Phi) is 6.17. The molecule has 1 aromatic rings. The minimum Gasteiger partial charge on any atom is -0.382 e. The molecule has 1 aliphatic heterocycles. The second-order valence-corrected chi connectivity index (χ2v) is 7.18. The SMILES string of the molecule is CC(CC1CCCCCN1)Nc1ccc(Br)cc1Br. The topological polar surface area (TPSA) is 24.1 Å². The summed E-state index contributed by atoms with van der Waals surface area (Å²) in [7, 11) is 0. The van der Waals surface area contributed by atoms with E-state index in [2.05, 4.69) is 67.6 Å². The summed E-state index contributed by atoms with van der Waals surface area (Å²) in [5.41, 5.74) is 1.17. The zero-order valence-corrected chi connectivity index (χ0v) is 14.6. The van der Waals surface area contributed by atoms with Crippen LogP contribution in [0.1, 0.15) is 39.0 Å². The molecule has 1 saturated heterocycles. The molecule has 19 heavy (non-hydrogen) atoms. The maximum absolute atomic E-state index is 3.66. The van der Waals surface area contributed by atoms with Crippen LogP contribution >= 0.6 is 31.9 Å². The van der Waals surface area contributed by atoms with Crippen molar-refractivity contribution in [2.75, 3.05) is 11.9 Å². The van der Waals surface area contributed by atoms with E-state index in [-0.39, 0.29) is 0 Å². The molecule has 2 atom stereocenters. The smallest absolute Gasteiger partial charge is 0.0487 e. The highest BCUT2D eigenvalue weighted by molar-refractivity contribution is 9.11. The second-order valence-electron chi connectivity index (χ2n) is 5.41. The molecule has 1 aromatic carbocycles. The van der Waals surface area contributed by atoms with Crippen molar-refractivity contribution < 1.29 is 0 Å². The Bertz CT molecular complexity index is 401. The fourth-order valence-electron chi connectivity index (χ4n) is 2.66. The maximum atomic E-state index is 3.66. The summed E-state index contributed by atoms with van der Waals surface area (Å²) in [5.74, 6) is 0. The van der Waals surface area contributed by atoms with E-state index in [0.29, 0.717) is 12.1 Å². The lowest BCUT2D eigenvalue weighted by Gasteiger charge is -2.22. The molecule has 2 nitrogen and oxygen atoms in total. The van der Waals surface area contributed by atoms with Gasteiger partial charge in [0.15, 0.2) is 0 Å². The fourth-order valence-corrected chi connectivity index (χ4v) is 3.82. The van der Waals surface area contributed by atoms with Crippen molar-refractivity contribution in [3.05, 3.63) is 27.1 Å². The van der Waals surface area contributed by atoms with Crippen LogP contribution < -0.4 is 10.6 Å². The van der Waals surface area contributed by atoms with E-state index < -0.39 is 0 Å². The van der Waals surface area contributed by atoms with E-state index in [1.165, 1.54) is 44.3 Å². The number of nitrogens with one attached hydrogen (secondary N) is 2. The average molecular weight is 390 g/mol. The van der Waals surface area contributed by atoms with Gasteiger partial charge in [0.25, 0.3) is 0 Å². The van der Waals surface area contributed by atoms with Crippen molar-refractivity contribution in [2.45, 2.75) is 51.1 Å². The van der Waals surface area contributed by atoms with E-state index in [1.54, 1.807) is 0 Å². The molecule has 2 unspecified atom stereocenters. The molecule has 2 rings (SSSR count). The highest BCUT2D eigenvalue weighted by atomic mass is 79.9. The first-order chi connectivity index (χ1) is 9.15. The van der Waals surface area contributed by atoms with Crippen LogP contribution in [-0.2, 0) is 0 Å². The average Bonchev–Trinajstić information content (AvgIpc) is 2.61. The number of halogens is 2. The van der Waals surface area contributed by atoms with Gasteiger partial charge in [0.2, 0.25) is 0 Å². The van der Waals surface area contributed by atoms with Gasteiger partial charge in [-0.2, -0.15) is 0 Å². The number of anilines is 1. The molecule has 0 aliphatic carbocycles. The number of hydrogen-bond acceptors (Lipinski definition) is 2. The first-order valence-electron chi connectivity index (χ1n) is 7.10. The van der Waals surface area contributed by atoms with Gasteiger partial charge >= 0.3 is 0 Å². The maximum Gasteiger partial charge on any atom is 0.0487 e. The molecule has 0 bridgehead atoms. The minimum absolute atomic E-state index is 0.480. The lowest BCUT2D eigenvalue weighted by molar-refractivity contribution is 0.456. The van der Waals surface area contributed by atoms with Gasteiger partial charge in [-0.05, 0) is 66.9 Å². The monoisotopic (exact) mass is 388 g/mol. The van der Waals surface area contributed by atoms with Gasteiger partial charge in [0.05, 0.1) is 0 Å². The van der Waals surface area contributed by atoms with Crippen LogP contribution in [0.3, 0.4) is 0 Å². The molecular formula is C15H22Br2N2. The Morgan fingerprint density at radius 3 is 2.95 bits per heavy atom. The molecular weight excluding hydrogens is 368 g/mol. The summed E-state index contributed by atoms with van der Waals surface area (Å²) in [6.45, 7) is 3.44. The number of rotatable bonds is 4. The molecule has 0 amide bonds. The number of hydrogen-bond donors (Lipinski definition) is 2. The third-order valence-corrected chi connectivity index (χ3v) is 4.78. The standard InChI is InChI=1S/C15H22Br2N2/c1-11(9-13-5-3-2-4-8-18-13)19-15-7-6-12(16)10-14(15)17/h6-7,10-11,13,18-19H,2-5,8-9H2,1H3. The molecule has 0 saturated carbocycles. The Morgan fingerprint density at radius 1 is 1.32 bits per heavy atom. The van der Waals surface area contributed by atoms with Crippen molar-refractivity contribution in [3.63, 3.8) is 0 Å². The van der Waals surface area contributed by atoms with Crippen LogP contribution in [0.2, 0.25) is 0 Å². The molecule has 106 valence electrons. The summed E-state index contributed by atoms with van der Waals surface area (Å²) in [6.07, 6.45) is 6.57. The first-order valence-corrected chi connectivity index (χ1v) is 8.68. The fraction of sp³-hybridized carbons (Fsp3) is 0.600. The van der Waals surface area contributed by atoms with E-state index in [1.807, 2.05) is 0 Å². The molecule has 0 radical (unpaired) electrons. The molecule has 2 N–H and O–H groups in total. The first kappa shape index (κ1) is 15.3. The summed E-state index contributed by atoms with van der Waals surface area (Å²) < 4.78 is 2.21. The van der Waals surface area contributed by atoms with E-state index in [0.717, 1.165) is 8.95 Å². The summed E-state index contributed by atoms with van der Waals surface area (Å²) in [4.78, 5) is 0. The highest BCUT2D eigenvalue weighted by Crippen LogP contribution is 2.27. The molecule has 4 heteroatoms. The van der Waals surface area contributed by atoms with Crippen LogP contribution in [0.4, 0.5) is 5.69 Å². The lowest BCUT2D eigenvalue weighted by atomic mass is 10.0. The van der Waals surface area contributed by atoms with Crippen molar-refractivity contribution in [1.29, 1.82) is 0 Å². The molecule has 1 heterocycles. The van der Waals surface area contributed by atoms with Gasteiger partial charge in [0, 0.05) is 26.7 Å². The summed E-state index contributed by atoms with van der Waals surface area (Å²) in [5, 5.41) is 7.26. The van der Waals surface area contributed by atoms with E-state index >= 15 is 0 Å². The van der Waals surface area contributed by atoms with Crippen molar-refractivity contribution >= 4 is 37.5 Å². The Morgan fingerprint density at radius 2 is 2.16 bits per heavy atom. The van der Waals surface area contributed by atoms with Gasteiger partial charge < -0.3 is 10.6 Å². The normalized spacial score (nSPS) is 21.7. The van der Waals surface area contributed by atoms with Crippen LogP contribution in [-0.4, -0.2) is 18.6 Å². The van der Waals surface area contributed by atoms with Crippen molar-refractivity contribution in [1.82, 2.24) is 5.32 Å². The van der Waals surface area contributed by atoms with Crippen LogP contribution in [0.25, 0.3) is 0 Å². The van der Waals surface area contributed by atoms with Gasteiger partial charge in [-0.3, -0.25) is 0 Å². The van der Waals surface area contributed by atoms with Crippen molar-refractivity contribution in [2.24, 2.45) is 0 Å². The van der Waals surface area contributed by atoms with E-state index in [9.17, 15) is 0 Å². The van der Waals surface area contributed by atoms with Crippen LogP contribution in [0, 0.1) is 0 Å². The Labute approximate surface area is 133 Å². The van der Waals surface area contributed by atoms with Crippen LogP contribution in [0.15, 0.2) is 27.1 Å². The molecule has 1 aliphatic rings. The zero-order valence-electron chi connectivity index (χ0n) is 11.4. The number of benzene rings is 1. The summed E-state index contributed by atoms with van der Waals surface area (Å²) in [6, 6.07) is 7.42. The largest absolute Gasteiger partial charge is 0.382 e. The highest BCUT2D eigenvalue weighted by Gasteiger charge is 2.15. The van der Waals surface area contributed by atoms with E-state index in [4.69, 9.17) is 0 Å². The van der Waals surface area contributed by atoms with Gasteiger partial charge in [-0.15, -0.1) is 0 Å². The second kappa shape index (κ2) is 7.65. The third kappa shape index (κ3) is 5.09. The summed E-state index contributed by atoms with van der Waals surface area (Å²) >= 11 is 7.09. The lowest BCUT2D eigenvalue weighted by Crippen LogP contribution is -2.33. The molecule has 0 aromatic heterocycles. The van der Waals surface area contributed by atoms with Gasteiger partial charge in [-0.1, -0.05) is 28.8 Å².